The number of halogens is 1. The van der Waals surface area contributed by atoms with E-state index in [1.165, 1.54) is 0 Å². The highest BCUT2D eigenvalue weighted by Crippen LogP contribution is 2.11. The van der Waals surface area contributed by atoms with Crippen molar-refractivity contribution in [1.29, 1.82) is 0 Å². The zero-order chi connectivity index (χ0) is 13.6. The van der Waals surface area contributed by atoms with Gasteiger partial charge in [0.05, 0.1) is 18.6 Å². The van der Waals surface area contributed by atoms with Crippen molar-refractivity contribution in [3.8, 4) is 0 Å². The summed E-state index contributed by atoms with van der Waals surface area (Å²) in [4.78, 5) is 25.3. The molecule has 1 aliphatic rings. The van der Waals surface area contributed by atoms with Crippen LogP contribution in [0, 0.1) is 5.41 Å². The minimum atomic E-state index is -0.581. The third-order valence-corrected chi connectivity index (χ3v) is 3.11. The Labute approximate surface area is 120 Å². The van der Waals surface area contributed by atoms with Gasteiger partial charge in [0, 0.05) is 32.6 Å². The SMILES string of the molecule is CC(C)(CN)C(=O)NCCC(=O)N1CCOCC1.Cl. The summed E-state index contributed by atoms with van der Waals surface area (Å²) < 4.78 is 5.17. The first kappa shape index (κ1) is 18.1. The summed E-state index contributed by atoms with van der Waals surface area (Å²) >= 11 is 0. The fraction of sp³-hybridized carbons (Fsp3) is 0.833. The molecule has 0 aliphatic carbocycles. The lowest BCUT2D eigenvalue weighted by Crippen LogP contribution is -2.44. The summed E-state index contributed by atoms with van der Waals surface area (Å²) in [5, 5.41) is 2.75. The molecule has 1 fully saturated rings. The molecule has 0 atom stereocenters. The molecular weight excluding hydrogens is 270 g/mol. The summed E-state index contributed by atoms with van der Waals surface area (Å²) in [6.45, 7) is 6.69. The molecule has 1 saturated heterocycles. The first-order chi connectivity index (χ1) is 8.47. The summed E-state index contributed by atoms with van der Waals surface area (Å²) in [7, 11) is 0. The molecule has 0 aromatic carbocycles. The molecule has 19 heavy (non-hydrogen) atoms. The molecule has 3 N–H and O–H groups in total. The standard InChI is InChI=1S/C12H23N3O3.ClH/c1-12(2,9-13)11(17)14-4-3-10(16)15-5-7-18-8-6-15;/h3-9,13H2,1-2H3,(H,14,17);1H. The number of rotatable bonds is 5. The molecule has 1 heterocycles. The van der Waals surface area contributed by atoms with Gasteiger partial charge in [0.15, 0.2) is 0 Å². The van der Waals surface area contributed by atoms with Crippen molar-refractivity contribution in [1.82, 2.24) is 10.2 Å². The van der Waals surface area contributed by atoms with Gasteiger partial charge in [-0.2, -0.15) is 0 Å². The fourth-order valence-corrected chi connectivity index (χ4v) is 1.59. The number of hydrogen-bond acceptors (Lipinski definition) is 4. The lowest BCUT2D eigenvalue weighted by Gasteiger charge is -2.27. The van der Waals surface area contributed by atoms with E-state index in [2.05, 4.69) is 5.32 Å². The largest absolute Gasteiger partial charge is 0.378 e. The van der Waals surface area contributed by atoms with E-state index in [1.54, 1.807) is 18.7 Å². The van der Waals surface area contributed by atoms with E-state index in [1.807, 2.05) is 0 Å². The predicted octanol–water partition coefficient (Wildman–Crippen LogP) is -0.242. The van der Waals surface area contributed by atoms with Crippen LogP contribution in [0.15, 0.2) is 0 Å². The number of nitrogens with two attached hydrogens (primary N) is 1. The van der Waals surface area contributed by atoms with Crippen LogP contribution in [0.3, 0.4) is 0 Å². The van der Waals surface area contributed by atoms with E-state index < -0.39 is 5.41 Å². The Balaban J connectivity index is 0.00000324. The monoisotopic (exact) mass is 293 g/mol. The Morgan fingerprint density at radius 2 is 1.89 bits per heavy atom. The summed E-state index contributed by atoms with van der Waals surface area (Å²) in [6.07, 6.45) is 0.326. The van der Waals surface area contributed by atoms with Gasteiger partial charge in [-0.3, -0.25) is 9.59 Å². The van der Waals surface area contributed by atoms with Crippen LogP contribution in [-0.4, -0.2) is 56.1 Å². The van der Waals surface area contributed by atoms with Gasteiger partial charge in [-0.1, -0.05) is 0 Å². The second-order valence-corrected chi connectivity index (χ2v) is 5.09. The van der Waals surface area contributed by atoms with Crippen LogP contribution in [0.2, 0.25) is 0 Å². The number of hydrogen-bond donors (Lipinski definition) is 2. The zero-order valence-electron chi connectivity index (χ0n) is 11.6. The van der Waals surface area contributed by atoms with Crippen LogP contribution < -0.4 is 11.1 Å². The maximum Gasteiger partial charge on any atom is 0.226 e. The molecule has 2 amide bonds. The van der Waals surface area contributed by atoms with Gasteiger partial charge in [-0.25, -0.2) is 0 Å². The second-order valence-electron chi connectivity index (χ2n) is 5.09. The summed E-state index contributed by atoms with van der Waals surface area (Å²) in [5.41, 5.74) is 4.92. The zero-order valence-corrected chi connectivity index (χ0v) is 12.4. The maximum absolute atomic E-state index is 11.8. The molecule has 0 bridgehead atoms. The number of ether oxygens (including phenoxy) is 1. The third-order valence-electron chi connectivity index (χ3n) is 3.11. The van der Waals surface area contributed by atoms with Crippen molar-refractivity contribution < 1.29 is 14.3 Å². The van der Waals surface area contributed by atoms with Gasteiger partial charge < -0.3 is 20.7 Å². The normalized spacial score (nSPS) is 15.6. The van der Waals surface area contributed by atoms with Gasteiger partial charge in [0.2, 0.25) is 11.8 Å². The van der Waals surface area contributed by atoms with Crippen molar-refractivity contribution in [3.05, 3.63) is 0 Å². The van der Waals surface area contributed by atoms with Crippen molar-refractivity contribution in [2.24, 2.45) is 11.1 Å². The van der Waals surface area contributed by atoms with Crippen LogP contribution in [0.25, 0.3) is 0 Å². The average Bonchev–Trinajstić information content (AvgIpc) is 2.39. The first-order valence-electron chi connectivity index (χ1n) is 6.31. The van der Waals surface area contributed by atoms with Gasteiger partial charge >= 0.3 is 0 Å². The van der Waals surface area contributed by atoms with Crippen LogP contribution in [-0.2, 0) is 14.3 Å². The second kappa shape index (κ2) is 8.35. The molecule has 0 aromatic rings. The van der Waals surface area contributed by atoms with Gasteiger partial charge in [0.1, 0.15) is 0 Å². The van der Waals surface area contributed by atoms with Gasteiger partial charge in [-0.15, -0.1) is 12.4 Å². The minimum absolute atomic E-state index is 0. The maximum atomic E-state index is 11.8. The number of morpholine rings is 1. The highest BCUT2D eigenvalue weighted by molar-refractivity contribution is 5.85. The topological polar surface area (TPSA) is 84.7 Å². The average molecular weight is 294 g/mol. The van der Waals surface area contributed by atoms with Crippen molar-refractivity contribution in [3.63, 3.8) is 0 Å². The molecule has 0 saturated carbocycles. The van der Waals surface area contributed by atoms with Crippen LogP contribution in [0.4, 0.5) is 0 Å². The molecule has 1 aliphatic heterocycles. The molecule has 0 spiro atoms. The molecule has 112 valence electrons. The van der Waals surface area contributed by atoms with Crippen LogP contribution >= 0.6 is 12.4 Å². The number of carbonyl (C=O) groups is 2. The minimum Gasteiger partial charge on any atom is -0.378 e. The molecule has 0 radical (unpaired) electrons. The predicted molar refractivity (Wildman–Crippen MR) is 75.1 cm³/mol. The Morgan fingerprint density at radius 3 is 2.42 bits per heavy atom. The Morgan fingerprint density at radius 1 is 1.32 bits per heavy atom. The Kier molecular flexibility index (Phi) is 7.97. The number of nitrogens with one attached hydrogen (secondary N) is 1. The van der Waals surface area contributed by atoms with Gasteiger partial charge in [0.25, 0.3) is 0 Å². The quantitative estimate of drug-likeness (QED) is 0.732. The highest BCUT2D eigenvalue weighted by Gasteiger charge is 2.25. The van der Waals surface area contributed by atoms with E-state index in [0.29, 0.717) is 39.3 Å². The highest BCUT2D eigenvalue weighted by atomic mass is 35.5. The molecule has 0 unspecified atom stereocenters. The Hall–Kier alpha value is -0.850. The number of nitrogens with zero attached hydrogens (tertiary/aromatic N) is 1. The van der Waals surface area contributed by atoms with Crippen LogP contribution in [0.1, 0.15) is 20.3 Å². The molecular formula is C12H24ClN3O3. The van der Waals surface area contributed by atoms with E-state index in [4.69, 9.17) is 10.5 Å². The van der Waals surface area contributed by atoms with E-state index in [0.717, 1.165) is 0 Å². The Bertz CT molecular complexity index is 305. The fourth-order valence-electron chi connectivity index (χ4n) is 1.59. The van der Waals surface area contributed by atoms with E-state index in [-0.39, 0.29) is 30.8 Å². The number of carbonyl (C=O) groups excluding carboxylic acids is 2. The lowest BCUT2D eigenvalue weighted by atomic mass is 9.93. The third kappa shape index (κ3) is 5.76. The summed E-state index contributed by atoms with van der Waals surface area (Å²) in [6, 6.07) is 0. The van der Waals surface area contributed by atoms with Crippen molar-refractivity contribution >= 4 is 24.2 Å². The smallest absolute Gasteiger partial charge is 0.226 e. The van der Waals surface area contributed by atoms with Crippen LogP contribution in [0.5, 0.6) is 0 Å². The molecule has 1 rings (SSSR count). The first-order valence-corrected chi connectivity index (χ1v) is 6.31. The molecule has 6 nitrogen and oxygen atoms in total. The van der Waals surface area contributed by atoms with Crippen molar-refractivity contribution in [2.75, 3.05) is 39.4 Å². The van der Waals surface area contributed by atoms with E-state index in [9.17, 15) is 9.59 Å². The number of amides is 2. The molecule has 0 aromatic heterocycles. The lowest BCUT2D eigenvalue weighted by molar-refractivity contribution is -0.135. The van der Waals surface area contributed by atoms with Gasteiger partial charge in [-0.05, 0) is 13.8 Å². The molecule has 7 heteroatoms. The van der Waals surface area contributed by atoms with Crippen molar-refractivity contribution in [2.45, 2.75) is 20.3 Å². The summed E-state index contributed by atoms with van der Waals surface area (Å²) in [5.74, 6) is -0.0519. The van der Waals surface area contributed by atoms with E-state index >= 15 is 0 Å².